The second-order valence-corrected chi connectivity index (χ2v) is 4.81. The van der Waals surface area contributed by atoms with E-state index in [1.165, 1.54) is 0 Å². The first-order valence-electron chi connectivity index (χ1n) is 6.87. The van der Waals surface area contributed by atoms with Gasteiger partial charge in [0.2, 0.25) is 5.91 Å². The molecule has 0 atom stereocenters. The minimum Gasteiger partial charge on any atom is -0.379 e. The van der Waals surface area contributed by atoms with Crippen molar-refractivity contribution in [3.8, 4) is 0 Å². The number of aromatic nitrogens is 1. The molecule has 1 aromatic heterocycles. The SMILES string of the molecule is Cc1cccc(NC(=O)CCNc2cc(F)ccc2[N+](=O)[O-])n1. The highest BCUT2D eigenvalue weighted by atomic mass is 19.1. The number of nitrogens with one attached hydrogen (secondary N) is 2. The lowest BCUT2D eigenvalue weighted by atomic mass is 10.2. The molecule has 0 aliphatic carbocycles. The minimum absolute atomic E-state index is 0.0384. The number of pyridine rings is 1. The number of aryl methyl sites for hydroxylation is 1. The largest absolute Gasteiger partial charge is 0.379 e. The molecule has 0 aliphatic heterocycles. The summed E-state index contributed by atoms with van der Waals surface area (Å²) in [5, 5.41) is 16.2. The molecular weight excluding hydrogens is 303 g/mol. The Labute approximate surface area is 131 Å². The van der Waals surface area contributed by atoms with Crippen molar-refractivity contribution in [1.29, 1.82) is 0 Å². The molecule has 0 unspecified atom stereocenters. The highest BCUT2D eigenvalue weighted by molar-refractivity contribution is 5.90. The Morgan fingerprint density at radius 2 is 2.13 bits per heavy atom. The Kier molecular flexibility index (Phi) is 5.19. The molecule has 120 valence electrons. The van der Waals surface area contributed by atoms with E-state index in [0.29, 0.717) is 5.82 Å². The maximum absolute atomic E-state index is 13.2. The van der Waals surface area contributed by atoms with Crippen LogP contribution in [0.2, 0.25) is 0 Å². The molecule has 2 N–H and O–H groups in total. The quantitative estimate of drug-likeness (QED) is 0.630. The van der Waals surface area contributed by atoms with Crippen LogP contribution >= 0.6 is 0 Å². The van der Waals surface area contributed by atoms with Gasteiger partial charge in [-0.15, -0.1) is 0 Å². The fraction of sp³-hybridized carbons (Fsp3) is 0.200. The van der Waals surface area contributed by atoms with Crippen LogP contribution in [-0.4, -0.2) is 22.4 Å². The molecule has 0 radical (unpaired) electrons. The van der Waals surface area contributed by atoms with Crippen molar-refractivity contribution in [2.24, 2.45) is 0 Å². The fourth-order valence-corrected chi connectivity index (χ4v) is 1.94. The number of halogens is 1. The predicted octanol–water partition coefficient (Wildman–Crippen LogP) is 2.88. The van der Waals surface area contributed by atoms with Crippen LogP contribution in [0.3, 0.4) is 0 Å². The number of rotatable bonds is 6. The summed E-state index contributed by atoms with van der Waals surface area (Å²) in [6.07, 6.45) is 0.0588. The van der Waals surface area contributed by atoms with Crippen LogP contribution in [0.25, 0.3) is 0 Å². The normalized spacial score (nSPS) is 10.2. The van der Waals surface area contributed by atoms with Crippen LogP contribution in [0.4, 0.5) is 21.6 Å². The molecule has 0 aliphatic rings. The lowest BCUT2D eigenvalue weighted by molar-refractivity contribution is -0.384. The molecule has 1 heterocycles. The van der Waals surface area contributed by atoms with Crippen LogP contribution in [0.5, 0.6) is 0 Å². The summed E-state index contributed by atoms with van der Waals surface area (Å²) in [4.78, 5) is 26.2. The summed E-state index contributed by atoms with van der Waals surface area (Å²) in [6, 6.07) is 8.36. The van der Waals surface area contributed by atoms with Crippen molar-refractivity contribution < 1.29 is 14.1 Å². The standard InChI is InChI=1S/C15H15FN4O3/c1-10-3-2-4-14(18-10)19-15(21)7-8-17-12-9-11(16)5-6-13(12)20(22)23/h2-6,9,17H,7-8H2,1H3,(H,18,19,21). The Hall–Kier alpha value is -3.03. The summed E-state index contributed by atoms with van der Waals surface area (Å²) in [5.41, 5.74) is 0.569. The molecule has 1 aromatic carbocycles. The van der Waals surface area contributed by atoms with Crippen LogP contribution in [0, 0.1) is 22.9 Å². The first-order chi connectivity index (χ1) is 11.0. The number of amides is 1. The van der Waals surface area contributed by atoms with Gasteiger partial charge in [-0.2, -0.15) is 0 Å². The fourth-order valence-electron chi connectivity index (χ4n) is 1.94. The Bertz CT molecular complexity index is 736. The van der Waals surface area contributed by atoms with E-state index in [1.54, 1.807) is 25.1 Å². The number of hydrogen-bond donors (Lipinski definition) is 2. The first kappa shape index (κ1) is 16.3. The van der Waals surface area contributed by atoms with Crippen molar-refractivity contribution in [1.82, 2.24) is 4.98 Å². The number of carbonyl (C=O) groups excluding carboxylic acids is 1. The monoisotopic (exact) mass is 318 g/mol. The van der Waals surface area contributed by atoms with E-state index in [9.17, 15) is 19.3 Å². The van der Waals surface area contributed by atoms with Crippen molar-refractivity contribution in [3.05, 3.63) is 58.0 Å². The van der Waals surface area contributed by atoms with Crippen LogP contribution in [0.15, 0.2) is 36.4 Å². The van der Waals surface area contributed by atoms with E-state index in [-0.39, 0.29) is 30.2 Å². The zero-order chi connectivity index (χ0) is 16.8. The number of carbonyl (C=O) groups is 1. The second-order valence-electron chi connectivity index (χ2n) is 4.81. The summed E-state index contributed by atoms with van der Waals surface area (Å²) in [6.45, 7) is 1.93. The third kappa shape index (κ3) is 4.73. The van der Waals surface area contributed by atoms with Crippen LogP contribution in [-0.2, 0) is 4.79 Å². The van der Waals surface area contributed by atoms with Crippen molar-refractivity contribution >= 4 is 23.1 Å². The van der Waals surface area contributed by atoms with E-state index in [4.69, 9.17) is 0 Å². The van der Waals surface area contributed by atoms with E-state index >= 15 is 0 Å². The maximum atomic E-state index is 13.2. The van der Waals surface area contributed by atoms with Gasteiger partial charge >= 0.3 is 0 Å². The molecule has 7 nitrogen and oxygen atoms in total. The Morgan fingerprint density at radius 3 is 2.83 bits per heavy atom. The Morgan fingerprint density at radius 1 is 1.35 bits per heavy atom. The maximum Gasteiger partial charge on any atom is 0.292 e. The van der Waals surface area contributed by atoms with Gasteiger partial charge in [0.1, 0.15) is 17.3 Å². The van der Waals surface area contributed by atoms with Crippen molar-refractivity contribution in [3.63, 3.8) is 0 Å². The molecule has 23 heavy (non-hydrogen) atoms. The topological polar surface area (TPSA) is 97.2 Å². The van der Waals surface area contributed by atoms with Gasteiger partial charge in [-0.05, 0) is 25.1 Å². The van der Waals surface area contributed by atoms with Crippen LogP contribution < -0.4 is 10.6 Å². The third-order valence-corrected chi connectivity index (χ3v) is 2.98. The van der Waals surface area contributed by atoms with Gasteiger partial charge in [0.05, 0.1) is 4.92 Å². The van der Waals surface area contributed by atoms with E-state index in [1.807, 2.05) is 0 Å². The summed E-state index contributed by atoms with van der Waals surface area (Å²) in [7, 11) is 0. The summed E-state index contributed by atoms with van der Waals surface area (Å²) >= 11 is 0. The van der Waals surface area contributed by atoms with Gasteiger partial charge in [-0.1, -0.05) is 6.07 Å². The minimum atomic E-state index is -0.613. The van der Waals surface area contributed by atoms with Gasteiger partial charge in [-0.25, -0.2) is 9.37 Å². The lowest BCUT2D eigenvalue weighted by Gasteiger charge is -2.08. The number of nitro benzene ring substituents is 1. The smallest absolute Gasteiger partial charge is 0.292 e. The van der Waals surface area contributed by atoms with Crippen molar-refractivity contribution in [2.45, 2.75) is 13.3 Å². The summed E-state index contributed by atoms with van der Waals surface area (Å²) in [5.74, 6) is -0.451. The molecule has 2 rings (SSSR count). The molecular formula is C15H15FN4O3. The Balaban J connectivity index is 1.91. The number of anilines is 2. The number of nitrogens with zero attached hydrogens (tertiary/aromatic N) is 2. The zero-order valence-corrected chi connectivity index (χ0v) is 12.4. The second kappa shape index (κ2) is 7.30. The van der Waals surface area contributed by atoms with Gasteiger partial charge in [0, 0.05) is 30.8 Å². The predicted molar refractivity (Wildman–Crippen MR) is 83.8 cm³/mol. The number of benzene rings is 1. The molecule has 0 saturated heterocycles. The highest BCUT2D eigenvalue weighted by Crippen LogP contribution is 2.24. The molecule has 0 bridgehead atoms. The molecule has 1 amide bonds. The molecule has 0 saturated carbocycles. The van der Waals surface area contributed by atoms with E-state index < -0.39 is 10.7 Å². The van der Waals surface area contributed by atoms with Gasteiger partial charge in [0.15, 0.2) is 0 Å². The zero-order valence-electron chi connectivity index (χ0n) is 12.4. The molecule has 2 aromatic rings. The highest BCUT2D eigenvalue weighted by Gasteiger charge is 2.14. The molecule has 0 fully saturated rings. The van der Waals surface area contributed by atoms with Gasteiger partial charge < -0.3 is 10.6 Å². The molecule has 8 heteroatoms. The average Bonchev–Trinajstić information content (AvgIpc) is 2.47. The van der Waals surface area contributed by atoms with Gasteiger partial charge in [-0.3, -0.25) is 14.9 Å². The first-order valence-corrected chi connectivity index (χ1v) is 6.87. The van der Waals surface area contributed by atoms with E-state index in [2.05, 4.69) is 15.6 Å². The third-order valence-electron chi connectivity index (χ3n) is 2.98. The van der Waals surface area contributed by atoms with Crippen LogP contribution in [0.1, 0.15) is 12.1 Å². The summed E-state index contributed by atoms with van der Waals surface area (Å²) < 4.78 is 13.2. The lowest BCUT2D eigenvalue weighted by Crippen LogP contribution is -2.17. The van der Waals surface area contributed by atoms with Crippen molar-refractivity contribution in [2.75, 3.05) is 17.2 Å². The number of hydrogen-bond acceptors (Lipinski definition) is 5. The molecule has 0 spiro atoms. The van der Waals surface area contributed by atoms with Gasteiger partial charge in [0.25, 0.3) is 5.69 Å². The average molecular weight is 318 g/mol. The van der Waals surface area contributed by atoms with E-state index in [0.717, 1.165) is 23.9 Å². The number of nitro groups is 1.